The van der Waals surface area contributed by atoms with Gasteiger partial charge in [-0.3, -0.25) is 0 Å². The van der Waals surface area contributed by atoms with E-state index in [9.17, 15) is 0 Å². The fourth-order valence-corrected chi connectivity index (χ4v) is 2.78. The van der Waals surface area contributed by atoms with E-state index in [2.05, 4.69) is 44.6 Å². The van der Waals surface area contributed by atoms with Crippen LogP contribution < -0.4 is 11.1 Å². The lowest BCUT2D eigenvalue weighted by Crippen LogP contribution is -2.04. The summed E-state index contributed by atoms with van der Waals surface area (Å²) in [6, 6.07) is 2.12. The van der Waals surface area contributed by atoms with Crippen molar-refractivity contribution in [2.45, 2.75) is 20.4 Å². The van der Waals surface area contributed by atoms with Gasteiger partial charge >= 0.3 is 0 Å². The highest BCUT2D eigenvalue weighted by Gasteiger charge is 2.07. The summed E-state index contributed by atoms with van der Waals surface area (Å²) in [6.45, 7) is 4.88. The Morgan fingerprint density at radius 2 is 2.24 bits per heavy atom. The van der Waals surface area contributed by atoms with Crippen molar-refractivity contribution in [3.63, 3.8) is 0 Å². The van der Waals surface area contributed by atoms with Crippen LogP contribution in [0.2, 0.25) is 0 Å². The number of pyridine rings is 1. The molecule has 3 nitrogen and oxygen atoms in total. The Bertz CT molecular complexity index is 537. The SMILES string of the molecule is Cc1ccsc1CNc1ncc(N)c(C)c1Br. The summed E-state index contributed by atoms with van der Waals surface area (Å²) in [5.41, 5.74) is 8.82. The second-order valence-corrected chi connectivity index (χ2v) is 5.68. The summed E-state index contributed by atoms with van der Waals surface area (Å²) in [6.07, 6.45) is 1.68. The lowest BCUT2D eigenvalue weighted by Gasteiger charge is -2.10. The predicted octanol–water partition coefficient (Wildman–Crippen LogP) is 3.72. The molecule has 5 heteroatoms. The Balaban J connectivity index is 2.15. The van der Waals surface area contributed by atoms with Crippen LogP contribution in [-0.2, 0) is 6.54 Å². The molecular formula is C12H14BrN3S. The van der Waals surface area contributed by atoms with E-state index in [1.165, 1.54) is 10.4 Å². The fourth-order valence-electron chi connectivity index (χ4n) is 1.46. The normalized spacial score (nSPS) is 10.5. The third-order valence-corrected chi connectivity index (χ3v) is 4.68. The molecule has 2 aromatic heterocycles. The molecule has 0 saturated carbocycles. The first kappa shape index (κ1) is 12.4. The van der Waals surface area contributed by atoms with E-state index in [0.29, 0.717) is 5.69 Å². The predicted molar refractivity (Wildman–Crippen MR) is 77.5 cm³/mol. The van der Waals surface area contributed by atoms with Gasteiger partial charge in [-0.1, -0.05) is 0 Å². The quantitative estimate of drug-likeness (QED) is 0.908. The van der Waals surface area contributed by atoms with Gasteiger partial charge in [-0.2, -0.15) is 0 Å². The van der Waals surface area contributed by atoms with Crippen LogP contribution in [0.5, 0.6) is 0 Å². The largest absolute Gasteiger partial charge is 0.397 e. The molecule has 0 aliphatic carbocycles. The second-order valence-electron chi connectivity index (χ2n) is 3.88. The number of anilines is 2. The van der Waals surface area contributed by atoms with Crippen LogP contribution >= 0.6 is 27.3 Å². The van der Waals surface area contributed by atoms with Crippen LogP contribution in [0, 0.1) is 13.8 Å². The zero-order valence-corrected chi connectivity index (χ0v) is 12.2. The number of nitrogens with zero attached hydrogens (tertiary/aromatic N) is 1. The van der Waals surface area contributed by atoms with E-state index in [0.717, 1.165) is 22.4 Å². The Morgan fingerprint density at radius 3 is 2.88 bits per heavy atom. The molecular weight excluding hydrogens is 298 g/mol. The number of hydrogen-bond acceptors (Lipinski definition) is 4. The van der Waals surface area contributed by atoms with E-state index < -0.39 is 0 Å². The average Bonchev–Trinajstić information content (AvgIpc) is 2.71. The Morgan fingerprint density at radius 1 is 1.47 bits per heavy atom. The van der Waals surface area contributed by atoms with Crippen LogP contribution in [0.1, 0.15) is 16.0 Å². The van der Waals surface area contributed by atoms with Gasteiger partial charge in [0.1, 0.15) is 5.82 Å². The third kappa shape index (κ3) is 2.61. The van der Waals surface area contributed by atoms with Gasteiger partial charge in [0, 0.05) is 4.88 Å². The van der Waals surface area contributed by atoms with Crippen molar-refractivity contribution in [1.82, 2.24) is 4.98 Å². The van der Waals surface area contributed by atoms with E-state index in [4.69, 9.17) is 5.73 Å². The highest BCUT2D eigenvalue weighted by atomic mass is 79.9. The number of nitrogen functional groups attached to an aromatic ring is 1. The summed E-state index contributed by atoms with van der Waals surface area (Å²) in [7, 11) is 0. The first-order valence-corrected chi connectivity index (χ1v) is 6.94. The molecule has 0 fully saturated rings. The number of hydrogen-bond donors (Lipinski definition) is 2. The number of halogens is 1. The van der Waals surface area contributed by atoms with E-state index in [1.54, 1.807) is 17.5 Å². The van der Waals surface area contributed by atoms with E-state index in [-0.39, 0.29) is 0 Å². The van der Waals surface area contributed by atoms with Crippen LogP contribution in [0.3, 0.4) is 0 Å². The van der Waals surface area contributed by atoms with Gasteiger partial charge in [-0.25, -0.2) is 4.98 Å². The zero-order chi connectivity index (χ0) is 12.4. The second kappa shape index (κ2) is 5.06. The maximum absolute atomic E-state index is 5.79. The van der Waals surface area contributed by atoms with E-state index in [1.807, 2.05) is 6.92 Å². The molecule has 17 heavy (non-hydrogen) atoms. The molecule has 0 unspecified atom stereocenters. The molecule has 0 radical (unpaired) electrons. The average molecular weight is 312 g/mol. The van der Waals surface area contributed by atoms with Gasteiger partial charge in [-0.05, 0) is 52.4 Å². The van der Waals surface area contributed by atoms with Crippen molar-refractivity contribution in [2.75, 3.05) is 11.1 Å². The number of nitrogens with two attached hydrogens (primary N) is 1. The minimum Gasteiger partial charge on any atom is -0.397 e. The number of rotatable bonds is 3. The lowest BCUT2D eigenvalue weighted by molar-refractivity contribution is 1.11. The lowest BCUT2D eigenvalue weighted by atomic mass is 10.2. The summed E-state index contributed by atoms with van der Waals surface area (Å²) >= 11 is 5.26. The highest BCUT2D eigenvalue weighted by molar-refractivity contribution is 9.10. The Labute approximate surface area is 113 Å². The maximum atomic E-state index is 5.79. The van der Waals surface area contributed by atoms with Crippen LogP contribution in [0.15, 0.2) is 22.1 Å². The van der Waals surface area contributed by atoms with Gasteiger partial charge in [0.25, 0.3) is 0 Å². The molecule has 2 rings (SSSR count). The molecule has 2 heterocycles. The summed E-state index contributed by atoms with van der Waals surface area (Å²) in [4.78, 5) is 5.62. The molecule has 0 atom stereocenters. The van der Waals surface area contributed by atoms with Crippen molar-refractivity contribution in [3.8, 4) is 0 Å². The topological polar surface area (TPSA) is 50.9 Å². The molecule has 0 bridgehead atoms. The van der Waals surface area contributed by atoms with Crippen LogP contribution in [0.25, 0.3) is 0 Å². The molecule has 90 valence electrons. The zero-order valence-electron chi connectivity index (χ0n) is 9.75. The van der Waals surface area contributed by atoms with Gasteiger partial charge < -0.3 is 11.1 Å². The molecule has 0 aliphatic heterocycles. The number of aromatic nitrogens is 1. The molecule has 3 N–H and O–H groups in total. The number of aryl methyl sites for hydroxylation is 1. The van der Waals surface area contributed by atoms with Gasteiger partial charge in [0.2, 0.25) is 0 Å². The molecule has 0 saturated heterocycles. The van der Waals surface area contributed by atoms with Crippen molar-refractivity contribution in [3.05, 3.63) is 38.1 Å². The standard InChI is InChI=1S/C12H14BrN3S/c1-7-3-4-17-10(7)6-16-12-11(13)8(2)9(14)5-15-12/h3-5H,6,14H2,1-2H3,(H,15,16). The smallest absolute Gasteiger partial charge is 0.141 e. The Kier molecular flexibility index (Phi) is 3.69. The van der Waals surface area contributed by atoms with Gasteiger partial charge in [0.05, 0.1) is 22.9 Å². The van der Waals surface area contributed by atoms with Crippen molar-refractivity contribution < 1.29 is 0 Å². The number of nitrogens with one attached hydrogen (secondary N) is 1. The minimum absolute atomic E-state index is 0.703. The van der Waals surface area contributed by atoms with Crippen LogP contribution in [0.4, 0.5) is 11.5 Å². The molecule has 0 aliphatic rings. The summed E-state index contributed by atoms with van der Waals surface area (Å²) in [5.74, 6) is 0.838. The van der Waals surface area contributed by atoms with Crippen molar-refractivity contribution in [1.29, 1.82) is 0 Å². The molecule has 0 aromatic carbocycles. The Hall–Kier alpha value is -1.07. The van der Waals surface area contributed by atoms with E-state index >= 15 is 0 Å². The molecule has 0 amide bonds. The fraction of sp³-hybridized carbons (Fsp3) is 0.250. The monoisotopic (exact) mass is 311 g/mol. The maximum Gasteiger partial charge on any atom is 0.141 e. The number of thiophene rings is 1. The molecule has 0 spiro atoms. The van der Waals surface area contributed by atoms with Crippen molar-refractivity contribution >= 4 is 38.8 Å². The molecule has 2 aromatic rings. The minimum atomic E-state index is 0.703. The summed E-state index contributed by atoms with van der Waals surface area (Å²) in [5, 5.41) is 5.42. The van der Waals surface area contributed by atoms with Crippen LogP contribution in [-0.4, -0.2) is 4.98 Å². The van der Waals surface area contributed by atoms with Crippen molar-refractivity contribution in [2.24, 2.45) is 0 Å². The highest BCUT2D eigenvalue weighted by Crippen LogP contribution is 2.28. The van der Waals surface area contributed by atoms with Gasteiger partial charge in [0.15, 0.2) is 0 Å². The summed E-state index contributed by atoms with van der Waals surface area (Å²) < 4.78 is 0.937. The first-order valence-electron chi connectivity index (χ1n) is 5.27. The first-order chi connectivity index (χ1) is 8.09. The van der Waals surface area contributed by atoms with Gasteiger partial charge in [-0.15, -0.1) is 11.3 Å². The third-order valence-electron chi connectivity index (χ3n) is 2.69.